The Hall–Kier alpha value is -0.420. The number of hydrogen-bond acceptors (Lipinski definition) is 4. The summed E-state index contributed by atoms with van der Waals surface area (Å²) in [7, 11) is 0. The number of rotatable bonds is 6. The van der Waals surface area contributed by atoms with E-state index in [4.69, 9.17) is 10.6 Å². The van der Waals surface area contributed by atoms with Crippen molar-refractivity contribution in [2.75, 3.05) is 6.61 Å². The molecule has 0 aliphatic rings. The van der Waals surface area contributed by atoms with Gasteiger partial charge in [-0.3, -0.25) is 5.84 Å². The van der Waals surface area contributed by atoms with Crippen molar-refractivity contribution >= 4 is 11.3 Å². The lowest BCUT2D eigenvalue weighted by Gasteiger charge is -2.24. The summed E-state index contributed by atoms with van der Waals surface area (Å²) in [6.45, 7) is 4.84. The Kier molecular flexibility index (Phi) is 5.11. The highest BCUT2D eigenvalue weighted by atomic mass is 32.1. The van der Waals surface area contributed by atoms with Crippen molar-refractivity contribution in [3.63, 3.8) is 0 Å². The summed E-state index contributed by atoms with van der Waals surface area (Å²) in [5.74, 6) is 5.55. The monoisotopic (exact) mass is 214 g/mol. The van der Waals surface area contributed by atoms with Gasteiger partial charge in [0.1, 0.15) is 0 Å². The molecule has 1 rings (SSSR count). The first-order valence-electron chi connectivity index (χ1n) is 4.94. The zero-order valence-corrected chi connectivity index (χ0v) is 9.51. The summed E-state index contributed by atoms with van der Waals surface area (Å²) >= 11 is 1.70. The fourth-order valence-corrected chi connectivity index (χ4v) is 2.34. The molecule has 4 heteroatoms. The van der Waals surface area contributed by atoms with E-state index in [0.29, 0.717) is 0 Å². The van der Waals surface area contributed by atoms with E-state index in [-0.39, 0.29) is 12.1 Å². The van der Waals surface area contributed by atoms with Crippen LogP contribution in [0.25, 0.3) is 0 Å². The summed E-state index contributed by atoms with van der Waals surface area (Å²) in [5.41, 5.74) is 2.83. The van der Waals surface area contributed by atoms with Gasteiger partial charge in [0.15, 0.2) is 0 Å². The van der Waals surface area contributed by atoms with E-state index in [2.05, 4.69) is 23.8 Å². The minimum atomic E-state index is 0.111. The van der Waals surface area contributed by atoms with Crippen LogP contribution in [-0.4, -0.2) is 12.7 Å². The summed E-state index contributed by atoms with van der Waals surface area (Å²) < 4.78 is 5.63. The highest BCUT2D eigenvalue weighted by Crippen LogP contribution is 2.24. The predicted octanol–water partition coefficient (Wildman–Crippen LogP) is 2.07. The van der Waals surface area contributed by atoms with Gasteiger partial charge in [0.2, 0.25) is 0 Å². The summed E-state index contributed by atoms with van der Waals surface area (Å²) in [6, 6.07) is 4.22. The zero-order chi connectivity index (χ0) is 10.4. The first-order valence-corrected chi connectivity index (χ1v) is 5.82. The molecule has 0 aliphatic heterocycles. The number of hydrogen-bond donors (Lipinski definition) is 2. The molecule has 2 unspecified atom stereocenters. The number of ether oxygens (including phenoxy) is 1. The fourth-order valence-electron chi connectivity index (χ4n) is 1.50. The van der Waals surface area contributed by atoms with E-state index < -0.39 is 0 Å². The van der Waals surface area contributed by atoms with Crippen LogP contribution < -0.4 is 11.3 Å². The van der Waals surface area contributed by atoms with Crippen LogP contribution in [0.3, 0.4) is 0 Å². The number of thiophene rings is 1. The molecule has 3 N–H and O–H groups in total. The highest BCUT2D eigenvalue weighted by Gasteiger charge is 2.21. The van der Waals surface area contributed by atoms with Crippen LogP contribution in [0, 0.1) is 0 Å². The summed E-state index contributed by atoms with van der Waals surface area (Å²) in [6.07, 6.45) is 1.12. The van der Waals surface area contributed by atoms with Crippen LogP contribution in [0.2, 0.25) is 0 Å². The molecule has 2 atom stereocenters. The molecule has 0 saturated heterocycles. The van der Waals surface area contributed by atoms with Gasteiger partial charge in [-0.25, -0.2) is 5.43 Å². The van der Waals surface area contributed by atoms with Crippen molar-refractivity contribution in [1.29, 1.82) is 0 Å². The van der Waals surface area contributed by atoms with Gasteiger partial charge in [-0.05, 0) is 24.8 Å². The van der Waals surface area contributed by atoms with Crippen LogP contribution in [0.15, 0.2) is 17.5 Å². The molecular formula is C10H18N2OS. The molecule has 80 valence electrons. The molecule has 0 bridgehead atoms. The van der Waals surface area contributed by atoms with Gasteiger partial charge < -0.3 is 4.74 Å². The molecule has 0 radical (unpaired) electrons. The second kappa shape index (κ2) is 6.14. The lowest BCUT2D eigenvalue weighted by atomic mass is 10.1. The first-order chi connectivity index (χ1) is 6.83. The molecule has 0 saturated carbocycles. The second-order valence-electron chi connectivity index (χ2n) is 3.06. The number of nitrogens with two attached hydrogens (primary N) is 1. The van der Waals surface area contributed by atoms with Gasteiger partial charge in [0.05, 0.1) is 12.1 Å². The van der Waals surface area contributed by atoms with E-state index in [0.717, 1.165) is 13.0 Å². The Morgan fingerprint density at radius 1 is 1.57 bits per heavy atom. The van der Waals surface area contributed by atoms with E-state index >= 15 is 0 Å². The smallest absolute Gasteiger partial charge is 0.0814 e. The van der Waals surface area contributed by atoms with Crippen LogP contribution in [0.5, 0.6) is 0 Å². The van der Waals surface area contributed by atoms with Crippen molar-refractivity contribution in [2.45, 2.75) is 32.4 Å². The lowest BCUT2D eigenvalue weighted by molar-refractivity contribution is 0.0323. The molecule has 0 fully saturated rings. The average Bonchev–Trinajstić information content (AvgIpc) is 2.71. The number of hydrazine groups is 1. The van der Waals surface area contributed by atoms with Gasteiger partial charge in [-0.15, -0.1) is 11.3 Å². The Balaban J connectivity index is 2.68. The minimum Gasteiger partial charge on any atom is -0.376 e. The molecule has 0 amide bonds. The van der Waals surface area contributed by atoms with Crippen molar-refractivity contribution in [3.8, 4) is 0 Å². The van der Waals surface area contributed by atoms with Crippen molar-refractivity contribution in [1.82, 2.24) is 5.43 Å². The largest absolute Gasteiger partial charge is 0.376 e. The van der Waals surface area contributed by atoms with Gasteiger partial charge >= 0.3 is 0 Å². The topological polar surface area (TPSA) is 47.3 Å². The Bertz CT molecular complexity index is 238. The molecule has 0 aromatic carbocycles. The maximum atomic E-state index is 5.63. The van der Waals surface area contributed by atoms with Crippen LogP contribution >= 0.6 is 11.3 Å². The molecular weight excluding hydrogens is 196 g/mol. The maximum Gasteiger partial charge on any atom is 0.0814 e. The fraction of sp³-hybridized carbons (Fsp3) is 0.600. The Morgan fingerprint density at radius 3 is 2.79 bits per heavy atom. The molecule has 3 nitrogen and oxygen atoms in total. The number of nitrogens with one attached hydrogen (secondary N) is 1. The quantitative estimate of drug-likeness (QED) is 0.563. The maximum absolute atomic E-state index is 5.63. The third-order valence-electron chi connectivity index (χ3n) is 2.18. The second-order valence-corrected chi connectivity index (χ2v) is 4.04. The normalized spacial score (nSPS) is 15.4. The van der Waals surface area contributed by atoms with Gasteiger partial charge in [-0.1, -0.05) is 13.0 Å². The summed E-state index contributed by atoms with van der Waals surface area (Å²) in [5, 5.41) is 2.05. The van der Waals surface area contributed by atoms with Crippen molar-refractivity contribution in [2.24, 2.45) is 5.84 Å². The first kappa shape index (κ1) is 11.7. The average molecular weight is 214 g/mol. The van der Waals surface area contributed by atoms with Crippen molar-refractivity contribution < 1.29 is 4.74 Å². The standard InChI is InChI=1S/C10H18N2OS/c1-3-8(13-4-2)10(12-11)9-6-5-7-14-9/h5-8,10,12H,3-4,11H2,1-2H3. The Labute approximate surface area is 89.2 Å². The van der Waals surface area contributed by atoms with E-state index in [1.807, 2.05) is 13.0 Å². The molecule has 0 spiro atoms. The van der Waals surface area contributed by atoms with Crippen LogP contribution in [0.1, 0.15) is 31.2 Å². The molecule has 14 heavy (non-hydrogen) atoms. The SMILES string of the molecule is CCOC(CC)C(NN)c1cccs1. The highest BCUT2D eigenvalue weighted by molar-refractivity contribution is 7.10. The molecule has 1 aromatic rings. The third-order valence-corrected chi connectivity index (χ3v) is 3.14. The molecule has 1 heterocycles. The van der Waals surface area contributed by atoms with E-state index in [9.17, 15) is 0 Å². The van der Waals surface area contributed by atoms with Crippen LogP contribution in [0.4, 0.5) is 0 Å². The lowest BCUT2D eigenvalue weighted by Crippen LogP contribution is -2.37. The predicted molar refractivity (Wildman–Crippen MR) is 60.1 cm³/mol. The minimum absolute atomic E-state index is 0.111. The Morgan fingerprint density at radius 2 is 2.36 bits per heavy atom. The third kappa shape index (κ3) is 2.78. The zero-order valence-electron chi connectivity index (χ0n) is 8.69. The van der Waals surface area contributed by atoms with E-state index in [1.54, 1.807) is 11.3 Å². The molecule has 0 aliphatic carbocycles. The van der Waals surface area contributed by atoms with E-state index in [1.165, 1.54) is 4.88 Å². The van der Waals surface area contributed by atoms with Crippen LogP contribution in [-0.2, 0) is 4.74 Å². The summed E-state index contributed by atoms with van der Waals surface area (Å²) in [4.78, 5) is 1.23. The van der Waals surface area contributed by atoms with Gasteiger partial charge in [-0.2, -0.15) is 0 Å². The van der Waals surface area contributed by atoms with Gasteiger partial charge in [0.25, 0.3) is 0 Å². The van der Waals surface area contributed by atoms with Crippen molar-refractivity contribution in [3.05, 3.63) is 22.4 Å². The molecule has 1 aromatic heterocycles. The van der Waals surface area contributed by atoms with Gasteiger partial charge in [0, 0.05) is 11.5 Å².